The summed E-state index contributed by atoms with van der Waals surface area (Å²) in [5.41, 5.74) is 5.85. The molecule has 6 N–H and O–H groups in total. The van der Waals surface area contributed by atoms with Crippen molar-refractivity contribution in [2.45, 2.75) is 96.7 Å². The molecule has 2 aliphatic rings. The first-order valence-corrected chi connectivity index (χ1v) is 23.0. The second-order valence-electron chi connectivity index (χ2n) is 17.4. The molecule has 0 saturated heterocycles. The predicted octanol–water partition coefficient (Wildman–Crippen LogP) is 7.50. The Morgan fingerprint density at radius 1 is 0.954 bits per heavy atom. The summed E-state index contributed by atoms with van der Waals surface area (Å²) >= 11 is 6.95. The van der Waals surface area contributed by atoms with Crippen LogP contribution in [-0.2, 0) is 27.2 Å². The number of ether oxygens (including phenoxy) is 2. The van der Waals surface area contributed by atoms with Crippen LogP contribution < -0.4 is 20.1 Å². The van der Waals surface area contributed by atoms with Gasteiger partial charge in [-0.15, -0.1) is 0 Å². The molecule has 0 amide bonds. The van der Waals surface area contributed by atoms with Crippen molar-refractivity contribution >= 4 is 29.1 Å². The second-order valence-corrected chi connectivity index (χ2v) is 17.8. The monoisotopic (exact) mass is 915 g/mol. The van der Waals surface area contributed by atoms with Crippen LogP contribution >= 0.6 is 11.6 Å². The minimum Gasteiger partial charge on any atom is -0.488 e. The van der Waals surface area contributed by atoms with Crippen molar-refractivity contribution in [2.75, 3.05) is 39.5 Å². The quantitative estimate of drug-likeness (QED) is 0.0459. The summed E-state index contributed by atoms with van der Waals surface area (Å²) in [7, 11) is 0. The molecule has 0 radical (unpaired) electrons. The molecule has 5 rings (SSSR count). The van der Waals surface area contributed by atoms with Crippen molar-refractivity contribution < 1.29 is 48.7 Å². The Bertz CT molecular complexity index is 2220. The Morgan fingerprint density at radius 3 is 2.42 bits per heavy atom. The van der Waals surface area contributed by atoms with Gasteiger partial charge in [0.25, 0.3) is 0 Å². The van der Waals surface area contributed by atoms with Gasteiger partial charge in [0.15, 0.2) is 11.6 Å². The fourth-order valence-corrected chi connectivity index (χ4v) is 8.84. The maximum absolute atomic E-state index is 14.9. The molecule has 65 heavy (non-hydrogen) atoms. The Kier molecular flexibility index (Phi) is 19.7. The van der Waals surface area contributed by atoms with Crippen LogP contribution in [-0.4, -0.2) is 89.6 Å². The standard InChI is InChI=1S/C51H63ClFN3O9/c1-31-10-8-11-34(21-35(20-31)24-54)30-64-48-23-49(65-47-19-18-40-39(15-9-16-42(40)47)41-14-6-7-17-45(41)53)44(52)22-36(48)12-4-5-13-37(27-57)46(60)26-56-32(2)43(29-59)50(61)33(3)55-25-38(28-58)51(62)63/h6-7,9,11,14-17,21-23,31-33,37-38,43,47,55-59H,4-5,8,10,12-13,18-20,25-30H2,1-3H3,(H,62,63)/b34-11+,35-21+/t31?,32?,33?,37?,38?,43-,47+/m1/s1. The molecule has 12 nitrogen and oxygen atoms in total. The van der Waals surface area contributed by atoms with Crippen LogP contribution in [0.3, 0.4) is 0 Å². The zero-order chi connectivity index (χ0) is 47.0. The summed E-state index contributed by atoms with van der Waals surface area (Å²) in [6, 6.07) is 17.2. The molecule has 0 fully saturated rings. The molecule has 3 aromatic rings. The highest BCUT2D eigenvalue weighted by Crippen LogP contribution is 2.43. The number of nitriles is 1. The van der Waals surface area contributed by atoms with Crippen molar-refractivity contribution in [3.8, 4) is 28.7 Å². The number of carboxylic acids is 1. The number of aliphatic hydroxyl groups is 3. The number of ketones is 2. The van der Waals surface area contributed by atoms with Crippen molar-refractivity contribution in [1.29, 1.82) is 5.26 Å². The molecule has 0 spiro atoms. The molecular weight excluding hydrogens is 853 g/mol. The number of hydrogen-bond donors (Lipinski definition) is 6. The van der Waals surface area contributed by atoms with E-state index in [0.29, 0.717) is 78.5 Å². The molecule has 350 valence electrons. The maximum Gasteiger partial charge on any atom is 0.310 e. The van der Waals surface area contributed by atoms with Gasteiger partial charge in [-0.1, -0.05) is 67.4 Å². The zero-order valence-corrected chi connectivity index (χ0v) is 38.3. The number of fused-ring (bicyclic) bond motifs is 1. The first kappa shape index (κ1) is 51.1. The summed E-state index contributed by atoms with van der Waals surface area (Å²) in [6.07, 6.45) is 9.81. The van der Waals surface area contributed by atoms with Crippen molar-refractivity contribution in [3.63, 3.8) is 0 Å². The van der Waals surface area contributed by atoms with Gasteiger partial charge in [-0.05, 0) is 117 Å². The van der Waals surface area contributed by atoms with E-state index >= 15 is 0 Å². The van der Waals surface area contributed by atoms with Gasteiger partial charge >= 0.3 is 5.97 Å². The minimum absolute atomic E-state index is 0.132. The number of aryl methyl sites for hydroxylation is 1. The third-order valence-electron chi connectivity index (χ3n) is 12.7. The van der Waals surface area contributed by atoms with E-state index in [2.05, 4.69) is 29.7 Å². The van der Waals surface area contributed by atoms with E-state index in [1.54, 1.807) is 26.0 Å². The summed E-state index contributed by atoms with van der Waals surface area (Å²) in [5.74, 6) is -3.30. The lowest BCUT2D eigenvalue weighted by Crippen LogP contribution is -2.49. The molecule has 5 unspecified atom stereocenters. The number of carbonyl (C=O) groups excluding carboxylic acids is 2. The Hall–Kier alpha value is -4.94. The molecule has 0 saturated carbocycles. The highest BCUT2D eigenvalue weighted by Gasteiger charge is 2.31. The van der Waals surface area contributed by atoms with Gasteiger partial charge in [-0.2, -0.15) is 5.26 Å². The van der Waals surface area contributed by atoms with Gasteiger partial charge in [-0.25, -0.2) is 4.39 Å². The highest BCUT2D eigenvalue weighted by atomic mass is 35.5. The number of hydrogen-bond acceptors (Lipinski definition) is 11. The molecule has 0 aliphatic heterocycles. The van der Waals surface area contributed by atoms with Gasteiger partial charge < -0.3 is 40.5 Å². The average molecular weight is 917 g/mol. The average Bonchev–Trinajstić information content (AvgIpc) is 3.70. The third-order valence-corrected chi connectivity index (χ3v) is 12.9. The number of rotatable bonds is 25. The van der Waals surface area contributed by atoms with E-state index in [0.717, 1.165) is 40.7 Å². The number of nitrogens with zero attached hydrogens (tertiary/aromatic N) is 1. The first-order chi connectivity index (χ1) is 31.3. The highest BCUT2D eigenvalue weighted by molar-refractivity contribution is 6.32. The van der Waals surface area contributed by atoms with Crippen LogP contribution in [0, 0.1) is 40.8 Å². The third kappa shape index (κ3) is 14.0. The molecule has 0 bridgehead atoms. The van der Waals surface area contributed by atoms with Gasteiger partial charge in [-0.3, -0.25) is 14.4 Å². The van der Waals surface area contributed by atoms with Crippen LogP contribution in [0.4, 0.5) is 4.39 Å². The van der Waals surface area contributed by atoms with Crippen LogP contribution in [0.25, 0.3) is 11.1 Å². The Morgan fingerprint density at radius 2 is 1.71 bits per heavy atom. The molecule has 7 atom stereocenters. The molecule has 3 aromatic carbocycles. The zero-order valence-electron chi connectivity index (χ0n) is 37.5. The summed E-state index contributed by atoms with van der Waals surface area (Å²) < 4.78 is 28.0. The molecular formula is C51H63ClFN3O9. The lowest BCUT2D eigenvalue weighted by atomic mass is 9.92. The van der Waals surface area contributed by atoms with E-state index in [1.165, 1.54) is 6.07 Å². The number of allylic oxidation sites excluding steroid dienone is 2. The predicted molar refractivity (Wildman–Crippen MR) is 247 cm³/mol. The smallest absolute Gasteiger partial charge is 0.310 e. The van der Waals surface area contributed by atoms with Crippen LogP contribution in [0.2, 0.25) is 5.02 Å². The van der Waals surface area contributed by atoms with Gasteiger partial charge in [0.05, 0.1) is 55.3 Å². The summed E-state index contributed by atoms with van der Waals surface area (Å²) in [5, 5.41) is 54.8. The van der Waals surface area contributed by atoms with E-state index < -0.39 is 49.0 Å². The molecule has 0 aromatic heterocycles. The fraction of sp³-hybridized carbons (Fsp3) is 0.490. The van der Waals surface area contributed by atoms with Gasteiger partial charge in [0.2, 0.25) is 0 Å². The Labute approximate surface area is 386 Å². The minimum atomic E-state index is -1.20. The molecule has 0 heterocycles. The van der Waals surface area contributed by atoms with Crippen LogP contribution in [0.15, 0.2) is 77.9 Å². The lowest BCUT2D eigenvalue weighted by molar-refractivity contribution is -0.143. The number of carbonyl (C=O) groups is 3. The van der Waals surface area contributed by atoms with Gasteiger partial charge in [0, 0.05) is 35.7 Å². The van der Waals surface area contributed by atoms with E-state index in [1.807, 2.05) is 42.5 Å². The molecule has 2 aliphatic carbocycles. The number of unbranched alkanes of at least 4 members (excludes halogenated alkanes) is 1. The topological polar surface area (TPSA) is 198 Å². The summed E-state index contributed by atoms with van der Waals surface area (Å²) in [4.78, 5) is 37.6. The number of aliphatic hydroxyl groups excluding tert-OH is 3. The van der Waals surface area contributed by atoms with Crippen LogP contribution in [0.5, 0.6) is 11.5 Å². The number of Topliss-reactive ketones (excluding diaryl/α,β-unsaturated/α-hetero) is 2. The van der Waals surface area contributed by atoms with E-state index in [4.69, 9.17) is 21.1 Å². The number of halogens is 2. The Balaban J connectivity index is 1.24. The van der Waals surface area contributed by atoms with Gasteiger partial charge in [0.1, 0.15) is 30.0 Å². The maximum atomic E-state index is 14.9. The fourth-order valence-electron chi connectivity index (χ4n) is 8.61. The van der Waals surface area contributed by atoms with Crippen molar-refractivity contribution in [2.24, 2.45) is 23.7 Å². The first-order valence-electron chi connectivity index (χ1n) is 22.6. The van der Waals surface area contributed by atoms with Crippen LogP contribution in [0.1, 0.15) is 88.5 Å². The number of benzene rings is 3. The summed E-state index contributed by atoms with van der Waals surface area (Å²) in [6.45, 7) is 3.88. The van der Waals surface area contributed by atoms with E-state index in [9.17, 15) is 44.5 Å². The van der Waals surface area contributed by atoms with Crippen molar-refractivity contribution in [3.05, 3.63) is 105 Å². The van der Waals surface area contributed by atoms with E-state index in [-0.39, 0.29) is 49.8 Å². The largest absolute Gasteiger partial charge is 0.488 e. The SMILES string of the molecule is CC1CC/C=C(COc2cc(O[C@H]3CCc4c(-c5ccccc5F)cccc43)c(Cl)cc2CCCCC(CO)C(=O)CNC(C)[C@@H](CO)C(=O)C(C)NCC(CO)C(=O)O)\C=C(\C#N)C1. The molecule has 14 heteroatoms. The number of carboxylic acid groups (broad SMARTS) is 1. The van der Waals surface area contributed by atoms with Crippen molar-refractivity contribution in [1.82, 2.24) is 10.6 Å². The second kappa shape index (κ2) is 25.1. The number of aliphatic carboxylic acids is 1. The normalized spacial score (nSPS) is 20.0. The lowest BCUT2D eigenvalue weighted by Gasteiger charge is -2.26. The number of nitrogens with one attached hydrogen (secondary N) is 2.